The van der Waals surface area contributed by atoms with E-state index in [0.29, 0.717) is 6.42 Å². The van der Waals surface area contributed by atoms with Crippen LogP contribution in [0.2, 0.25) is 0 Å². The first-order chi connectivity index (χ1) is 6.97. The molecule has 0 aliphatic heterocycles. The van der Waals surface area contributed by atoms with Gasteiger partial charge in [-0.05, 0) is 12.8 Å². The Morgan fingerprint density at radius 1 is 1.67 bits per heavy atom. The molecule has 1 rings (SSSR count). The molecule has 1 fully saturated rings. The van der Waals surface area contributed by atoms with E-state index >= 15 is 0 Å². The van der Waals surface area contributed by atoms with Crippen molar-refractivity contribution in [1.82, 2.24) is 10.2 Å². The predicted molar refractivity (Wildman–Crippen MR) is 44.8 cm³/mol. The predicted octanol–water partition coefficient (Wildman–Crippen LogP) is 1.36. The van der Waals surface area contributed by atoms with Crippen molar-refractivity contribution < 1.29 is 18.7 Å². The molecule has 8 heteroatoms. The number of carboxylic acid groups (broad SMARTS) is 1. The average molecular weight is 221 g/mol. The second-order valence-electron chi connectivity index (χ2n) is 3.36. The van der Waals surface area contributed by atoms with Crippen molar-refractivity contribution in [1.29, 1.82) is 5.53 Å². The monoisotopic (exact) mass is 221 g/mol. The maximum Gasteiger partial charge on any atom is 0.405 e. The van der Waals surface area contributed by atoms with Crippen LogP contribution in [0.4, 0.5) is 13.6 Å². The van der Waals surface area contributed by atoms with Crippen molar-refractivity contribution >= 4 is 6.09 Å². The molecule has 0 heterocycles. The second-order valence-corrected chi connectivity index (χ2v) is 3.36. The van der Waals surface area contributed by atoms with Crippen LogP contribution in [0.3, 0.4) is 0 Å². The number of nitrogens with one attached hydrogen (secondary N) is 2. The highest BCUT2D eigenvalue weighted by Gasteiger charge is 2.50. The zero-order valence-electron chi connectivity index (χ0n) is 7.78. The van der Waals surface area contributed by atoms with E-state index in [1.807, 2.05) is 0 Å². The van der Waals surface area contributed by atoms with E-state index in [9.17, 15) is 13.6 Å². The third-order valence-electron chi connectivity index (χ3n) is 2.33. The van der Waals surface area contributed by atoms with Crippen LogP contribution < -0.4 is 10.2 Å². The van der Waals surface area contributed by atoms with Gasteiger partial charge in [-0.1, -0.05) is 0 Å². The van der Waals surface area contributed by atoms with E-state index in [4.69, 9.17) is 10.6 Å². The topological polar surface area (TPSA) is 99.6 Å². The van der Waals surface area contributed by atoms with E-state index in [1.54, 1.807) is 5.32 Å². The number of alkyl halides is 2. The molecule has 0 aromatic heterocycles. The Labute approximate surface area is 83.9 Å². The quantitative estimate of drug-likeness (QED) is 0.484. The highest BCUT2D eigenvalue weighted by Crippen LogP contribution is 2.34. The van der Waals surface area contributed by atoms with Crippen LogP contribution in [0.25, 0.3) is 0 Å². The summed E-state index contributed by atoms with van der Waals surface area (Å²) in [5, 5.41) is 13.5. The van der Waals surface area contributed by atoms with Crippen molar-refractivity contribution in [3.63, 3.8) is 0 Å². The van der Waals surface area contributed by atoms with E-state index in [2.05, 4.69) is 10.0 Å². The first-order valence-corrected chi connectivity index (χ1v) is 4.41. The second kappa shape index (κ2) is 4.31. The maximum atomic E-state index is 13.3. The standard InChI is InChI=1S/C7H10F2N4O2/c8-7(9)3-1-2-4(12-13-10)5(7)11-6(14)15/h4-5,10-11H,1-3H2/p+1/t4-,5?/m0/s1. The van der Waals surface area contributed by atoms with Crippen molar-refractivity contribution in [2.45, 2.75) is 37.3 Å². The van der Waals surface area contributed by atoms with Gasteiger partial charge in [0.2, 0.25) is 4.91 Å². The lowest BCUT2D eigenvalue weighted by Gasteiger charge is -2.32. The highest BCUT2D eigenvalue weighted by atomic mass is 19.3. The summed E-state index contributed by atoms with van der Waals surface area (Å²) in [5.74, 6) is -3.13. The third kappa shape index (κ3) is 2.69. The Morgan fingerprint density at radius 2 is 2.33 bits per heavy atom. The summed E-state index contributed by atoms with van der Waals surface area (Å²) in [6.45, 7) is 0. The van der Waals surface area contributed by atoms with Gasteiger partial charge in [-0.15, -0.1) is 0 Å². The van der Waals surface area contributed by atoms with E-state index in [0.717, 1.165) is 0 Å². The van der Waals surface area contributed by atoms with Gasteiger partial charge >= 0.3 is 6.09 Å². The molecule has 1 aliphatic carbocycles. The Hall–Kier alpha value is -1.56. The minimum absolute atomic E-state index is 0.245. The van der Waals surface area contributed by atoms with Crippen molar-refractivity contribution in [3.05, 3.63) is 0 Å². The molecule has 1 saturated carbocycles. The van der Waals surface area contributed by atoms with Gasteiger partial charge < -0.3 is 10.4 Å². The van der Waals surface area contributed by atoms with Crippen LogP contribution in [0.1, 0.15) is 19.3 Å². The normalized spacial score (nSPS) is 28.9. The number of hydrogen-bond donors (Lipinski definition) is 3. The first-order valence-electron chi connectivity index (χ1n) is 4.41. The summed E-state index contributed by atoms with van der Waals surface area (Å²) >= 11 is 0. The first kappa shape index (κ1) is 11.5. The van der Waals surface area contributed by atoms with E-state index in [-0.39, 0.29) is 12.8 Å². The summed E-state index contributed by atoms with van der Waals surface area (Å²) < 4.78 is 26.6. The lowest BCUT2D eigenvalue weighted by atomic mass is 9.87. The smallest absolute Gasteiger partial charge is 0.405 e. The zero-order chi connectivity index (χ0) is 11.5. The number of hydrogen-bond acceptors (Lipinski definition) is 3. The van der Waals surface area contributed by atoms with Gasteiger partial charge in [0, 0.05) is 6.42 Å². The average Bonchev–Trinajstić information content (AvgIpc) is 2.10. The van der Waals surface area contributed by atoms with Crippen LogP contribution in [-0.4, -0.2) is 29.2 Å². The third-order valence-corrected chi connectivity index (χ3v) is 2.33. The fourth-order valence-corrected chi connectivity index (χ4v) is 1.68. The number of halogens is 2. The largest absolute Gasteiger partial charge is 0.465 e. The molecule has 3 N–H and O–H groups in total. The molecule has 0 saturated heterocycles. The van der Waals surface area contributed by atoms with Gasteiger partial charge in [-0.25, -0.2) is 13.6 Å². The van der Waals surface area contributed by atoms with E-state index < -0.39 is 24.1 Å². The molecular formula is C7H11F2N4O2+. The van der Waals surface area contributed by atoms with E-state index in [1.165, 1.54) is 0 Å². The fraction of sp³-hybridized carbons (Fsp3) is 0.857. The number of amides is 1. The summed E-state index contributed by atoms with van der Waals surface area (Å²) in [4.78, 5) is 13.0. The van der Waals surface area contributed by atoms with Gasteiger partial charge in [0.15, 0.2) is 6.04 Å². The molecule has 84 valence electrons. The number of rotatable bonds is 2. The molecule has 1 aliphatic rings. The minimum Gasteiger partial charge on any atom is -0.465 e. The Bertz CT molecular complexity index is 303. The van der Waals surface area contributed by atoms with Crippen LogP contribution in [0, 0.1) is 5.53 Å². The zero-order valence-corrected chi connectivity index (χ0v) is 7.78. The summed E-state index contributed by atoms with van der Waals surface area (Å²) in [5.41, 5.74) is 6.48. The molecule has 1 amide bonds. The Kier molecular flexibility index (Phi) is 3.31. The van der Waals surface area contributed by atoms with Crippen LogP contribution in [-0.2, 0) is 0 Å². The fourth-order valence-electron chi connectivity index (χ4n) is 1.68. The van der Waals surface area contributed by atoms with Gasteiger partial charge in [0.05, 0.1) is 0 Å². The maximum absolute atomic E-state index is 13.3. The molecule has 2 atom stereocenters. The molecule has 0 aromatic rings. The Morgan fingerprint density at radius 3 is 2.87 bits per heavy atom. The molecule has 15 heavy (non-hydrogen) atoms. The molecule has 0 aromatic carbocycles. The van der Waals surface area contributed by atoms with Gasteiger partial charge in [-0.2, -0.15) is 0 Å². The molecule has 0 bridgehead atoms. The molecule has 0 radical (unpaired) electrons. The highest BCUT2D eigenvalue weighted by molar-refractivity contribution is 5.65. The van der Waals surface area contributed by atoms with Crippen molar-refractivity contribution in [3.8, 4) is 0 Å². The summed E-state index contributed by atoms with van der Waals surface area (Å²) in [6.07, 6.45) is -1.34. The molecular weight excluding hydrogens is 210 g/mol. The lowest BCUT2D eigenvalue weighted by molar-refractivity contribution is -0.0686. The minimum atomic E-state index is -3.13. The van der Waals surface area contributed by atoms with Crippen LogP contribution in [0.15, 0.2) is 5.11 Å². The van der Waals surface area contributed by atoms with Crippen LogP contribution in [0.5, 0.6) is 0 Å². The molecule has 1 unspecified atom stereocenters. The molecule has 0 spiro atoms. The summed E-state index contributed by atoms with van der Waals surface area (Å²) in [7, 11) is 0. The number of carbonyl (C=O) groups is 1. The molecule has 6 nitrogen and oxygen atoms in total. The van der Waals surface area contributed by atoms with Gasteiger partial charge in [0.1, 0.15) is 16.7 Å². The van der Waals surface area contributed by atoms with Crippen molar-refractivity contribution in [2.24, 2.45) is 5.11 Å². The van der Waals surface area contributed by atoms with Crippen molar-refractivity contribution in [2.75, 3.05) is 0 Å². The van der Waals surface area contributed by atoms with Crippen LogP contribution >= 0.6 is 0 Å². The lowest BCUT2D eigenvalue weighted by Crippen LogP contribution is -2.55. The van der Waals surface area contributed by atoms with Gasteiger partial charge in [0.25, 0.3) is 5.92 Å². The summed E-state index contributed by atoms with van der Waals surface area (Å²) in [6, 6.07) is -2.54. The SMILES string of the molecule is N=[N+]=N[C@H]1CCCC(F)(F)C1NC(=O)O. The number of nitrogens with zero attached hydrogens (tertiary/aromatic N) is 2. The van der Waals surface area contributed by atoms with Gasteiger partial charge in [-0.3, -0.25) is 0 Å². The Balaban J connectivity index is 2.86.